The van der Waals surface area contributed by atoms with Crippen LogP contribution < -0.4 is 11.1 Å². The van der Waals surface area contributed by atoms with Gasteiger partial charge in [0.2, 0.25) is 5.91 Å². The molecule has 18 heavy (non-hydrogen) atoms. The molecule has 2 unspecified atom stereocenters. The molecule has 1 amide bonds. The van der Waals surface area contributed by atoms with Gasteiger partial charge in [-0.3, -0.25) is 9.59 Å². The van der Waals surface area contributed by atoms with Crippen molar-refractivity contribution < 1.29 is 14.7 Å². The summed E-state index contributed by atoms with van der Waals surface area (Å²) in [5, 5.41) is 11.6. The van der Waals surface area contributed by atoms with Gasteiger partial charge in [0.15, 0.2) is 0 Å². The van der Waals surface area contributed by atoms with Crippen LogP contribution >= 0.6 is 0 Å². The number of carboxylic acids is 1. The molecule has 0 rings (SSSR count). The molecular weight excluding hydrogens is 232 g/mol. The lowest BCUT2D eigenvalue weighted by atomic mass is 10.0. The molecule has 0 aromatic rings. The van der Waals surface area contributed by atoms with Gasteiger partial charge in [-0.25, -0.2) is 0 Å². The summed E-state index contributed by atoms with van der Waals surface area (Å²) in [7, 11) is 0. The topological polar surface area (TPSA) is 92.4 Å². The van der Waals surface area contributed by atoms with Crippen molar-refractivity contribution in [3.05, 3.63) is 0 Å². The Hall–Kier alpha value is -1.10. The first kappa shape index (κ1) is 16.9. The van der Waals surface area contributed by atoms with Crippen LogP contribution in [0.4, 0.5) is 0 Å². The first-order valence-electron chi connectivity index (χ1n) is 6.54. The van der Waals surface area contributed by atoms with E-state index >= 15 is 0 Å². The van der Waals surface area contributed by atoms with Crippen molar-refractivity contribution in [3.63, 3.8) is 0 Å². The highest BCUT2D eigenvalue weighted by molar-refractivity contribution is 5.81. The van der Waals surface area contributed by atoms with Gasteiger partial charge in [-0.1, -0.05) is 27.2 Å². The maximum Gasteiger partial charge on any atom is 0.306 e. The summed E-state index contributed by atoms with van der Waals surface area (Å²) in [5.74, 6) is -1.12. The lowest BCUT2D eigenvalue weighted by molar-refractivity contribution is -0.141. The lowest BCUT2D eigenvalue weighted by Crippen LogP contribution is -2.47. The van der Waals surface area contributed by atoms with Gasteiger partial charge in [0.05, 0.1) is 12.0 Å². The van der Waals surface area contributed by atoms with Crippen LogP contribution in [0.3, 0.4) is 0 Å². The van der Waals surface area contributed by atoms with E-state index in [2.05, 4.69) is 5.32 Å². The van der Waals surface area contributed by atoms with Crippen LogP contribution in [0, 0.1) is 11.8 Å². The van der Waals surface area contributed by atoms with E-state index in [1.807, 2.05) is 20.8 Å². The second-order valence-electron chi connectivity index (χ2n) is 5.35. The Morgan fingerprint density at radius 1 is 1.17 bits per heavy atom. The zero-order chi connectivity index (χ0) is 14.3. The Labute approximate surface area is 109 Å². The number of carbonyl (C=O) groups is 2. The Morgan fingerprint density at radius 2 is 1.72 bits per heavy atom. The lowest BCUT2D eigenvalue weighted by Gasteiger charge is -2.19. The third kappa shape index (κ3) is 6.59. The number of aliphatic carboxylic acids is 1. The SMILES string of the molecule is CC(CCCC(C)C(=O)O)NC(=O)[C@@H](N)C(C)C. The summed E-state index contributed by atoms with van der Waals surface area (Å²) in [6.07, 6.45) is 2.19. The van der Waals surface area contributed by atoms with Gasteiger partial charge in [0.1, 0.15) is 0 Å². The average molecular weight is 258 g/mol. The minimum Gasteiger partial charge on any atom is -0.481 e. The third-order valence-electron chi connectivity index (χ3n) is 3.11. The molecule has 0 aromatic carbocycles. The smallest absolute Gasteiger partial charge is 0.306 e. The highest BCUT2D eigenvalue weighted by Crippen LogP contribution is 2.10. The maximum absolute atomic E-state index is 11.7. The zero-order valence-electron chi connectivity index (χ0n) is 11.8. The van der Waals surface area contributed by atoms with Crippen LogP contribution in [-0.2, 0) is 9.59 Å². The number of carboxylic acid groups (broad SMARTS) is 1. The molecule has 0 aromatic heterocycles. The van der Waals surface area contributed by atoms with Gasteiger partial charge < -0.3 is 16.2 Å². The molecule has 5 heteroatoms. The fraction of sp³-hybridized carbons (Fsp3) is 0.846. The first-order chi connectivity index (χ1) is 8.25. The molecule has 0 aliphatic rings. The van der Waals surface area contributed by atoms with Gasteiger partial charge in [0, 0.05) is 6.04 Å². The van der Waals surface area contributed by atoms with Crippen LogP contribution in [0.5, 0.6) is 0 Å². The summed E-state index contributed by atoms with van der Waals surface area (Å²) in [6.45, 7) is 7.42. The number of hydrogen-bond acceptors (Lipinski definition) is 3. The van der Waals surface area contributed by atoms with Crippen LogP contribution in [0.2, 0.25) is 0 Å². The summed E-state index contributed by atoms with van der Waals surface area (Å²) in [6, 6.07) is -0.450. The van der Waals surface area contributed by atoms with Crippen molar-refractivity contribution >= 4 is 11.9 Å². The van der Waals surface area contributed by atoms with E-state index in [1.54, 1.807) is 6.92 Å². The number of hydrogen-bond donors (Lipinski definition) is 3. The van der Waals surface area contributed by atoms with Crippen molar-refractivity contribution in [1.82, 2.24) is 5.32 Å². The molecule has 0 radical (unpaired) electrons. The van der Waals surface area contributed by atoms with E-state index < -0.39 is 12.0 Å². The highest BCUT2D eigenvalue weighted by Gasteiger charge is 2.19. The molecule has 0 fully saturated rings. The van der Waals surface area contributed by atoms with Gasteiger partial charge in [-0.05, 0) is 25.7 Å². The number of rotatable bonds is 8. The monoisotopic (exact) mass is 258 g/mol. The fourth-order valence-corrected chi connectivity index (χ4v) is 1.57. The Bertz CT molecular complexity index is 279. The van der Waals surface area contributed by atoms with Gasteiger partial charge in [-0.15, -0.1) is 0 Å². The largest absolute Gasteiger partial charge is 0.481 e. The summed E-state index contributed by atoms with van der Waals surface area (Å²) in [5.41, 5.74) is 5.74. The molecule has 0 aliphatic heterocycles. The second-order valence-corrected chi connectivity index (χ2v) is 5.35. The van der Waals surface area contributed by atoms with E-state index in [4.69, 9.17) is 10.8 Å². The van der Waals surface area contributed by atoms with Crippen molar-refractivity contribution in [2.75, 3.05) is 0 Å². The fourth-order valence-electron chi connectivity index (χ4n) is 1.57. The van der Waals surface area contributed by atoms with Gasteiger partial charge in [0.25, 0.3) is 0 Å². The van der Waals surface area contributed by atoms with E-state index in [9.17, 15) is 9.59 Å². The highest BCUT2D eigenvalue weighted by atomic mass is 16.4. The Balaban J connectivity index is 3.87. The van der Waals surface area contributed by atoms with Crippen molar-refractivity contribution in [2.24, 2.45) is 17.6 Å². The maximum atomic E-state index is 11.7. The van der Waals surface area contributed by atoms with E-state index in [1.165, 1.54) is 0 Å². The average Bonchev–Trinajstić information content (AvgIpc) is 2.27. The third-order valence-corrected chi connectivity index (χ3v) is 3.11. The zero-order valence-corrected chi connectivity index (χ0v) is 11.8. The Kier molecular flexibility index (Phi) is 7.59. The quantitative estimate of drug-likeness (QED) is 0.613. The van der Waals surface area contributed by atoms with E-state index in [0.29, 0.717) is 6.42 Å². The molecule has 5 nitrogen and oxygen atoms in total. The molecule has 106 valence electrons. The predicted molar refractivity (Wildman–Crippen MR) is 71.1 cm³/mol. The van der Waals surface area contributed by atoms with Crippen LogP contribution in [0.15, 0.2) is 0 Å². The minimum atomic E-state index is -0.770. The number of nitrogens with one attached hydrogen (secondary N) is 1. The van der Waals surface area contributed by atoms with Gasteiger partial charge >= 0.3 is 5.97 Å². The van der Waals surface area contributed by atoms with E-state index in [0.717, 1.165) is 12.8 Å². The normalized spacial score (nSPS) is 16.1. The summed E-state index contributed by atoms with van der Waals surface area (Å²) >= 11 is 0. The number of amides is 1. The number of carbonyl (C=O) groups excluding carboxylic acids is 1. The van der Waals surface area contributed by atoms with Crippen LogP contribution in [0.25, 0.3) is 0 Å². The molecule has 0 aliphatic carbocycles. The van der Waals surface area contributed by atoms with Crippen molar-refractivity contribution in [1.29, 1.82) is 0 Å². The van der Waals surface area contributed by atoms with Crippen LogP contribution in [0.1, 0.15) is 47.0 Å². The molecule has 0 saturated heterocycles. The van der Waals surface area contributed by atoms with Gasteiger partial charge in [-0.2, -0.15) is 0 Å². The molecule has 0 heterocycles. The molecule has 0 spiro atoms. The molecule has 4 N–H and O–H groups in total. The summed E-state index contributed by atoms with van der Waals surface area (Å²) < 4.78 is 0. The molecule has 0 saturated carbocycles. The van der Waals surface area contributed by atoms with Crippen LogP contribution in [-0.4, -0.2) is 29.1 Å². The minimum absolute atomic E-state index is 0.0308. The molecular formula is C13H26N2O3. The Morgan fingerprint density at radius 3 is 2.17 bits per heavy atom. The van der Waals surface area contributed by atoms with E-state index in [-0.39, 0.29) is 23.8 Å². The summed E-state index contributed by atoms with van der Waals surface area (Å²) in [4.78, 5) is 22.3. The first-order valence-corrected chi connectivity index (χ1v) is 6.54. The van der Waals surface area contributed by atoms with Crippen molar-refractivity contribution in [2.45, 2.75) is 59.0 Å². The second kappa shape index (κ2) is 8.08. The molecule has 3 atom stereocenters. The van der Waals surface area contributed by atoms with Crippen molar-refractivity contribution in [3.8, 4) is 0 Å². The predicted octanol–water partition coefficient (Wildman–Crippen LogP) is 1.37. The number of nitrogens with two attached hydrogens (primary N) is 1. The molecule has 0 bridgehead atoms. The standard InChI is InChI=1S/C13H26N2O3/c1-8(2)11(14)12(16)15-10(4)7-5-6-9(3)13(17)18/h8-11H,5-7,14H2,1-4H3,(H,15,16)(H,17,18)/t9?,10?,11-/m0/s1.